The van der Waals surface area contributed by atoms with Crippen molar-refractivity contribution in [1.82, 2.24) is 4.98 Å². The summed E-state index contributed by atoms with van der Waals surface area (Å²) in [6.07, 6.45) is 4.70. The maximum Gasteiger partial charge on any atom is 0.335 e. The zero-order chi connectivity index (χ0) is 14.8. The fraction of sp³-hybridized carbons (Fsp3) is 0.500. The van der Waals surface area contributed by atoms with Crippen molar-refractivity contribution >= 4 is 23.7 Å². The maximum absolute atomic E-state index is 11.1. The number of carbonyl (C=O) groups excluding carboxylic acids is 1. The summed E-state index contributed by atoms with van der Waals surface area (Å²) in [6, 6.07) is 3.05. The Balaban J connectivity index is 2.17. The first kappa shape index (κ1) is 16.5. The molecule has 6 heteroatoms. The van der Waals surface area contributed by atoms with Crippen molar-refractivity contribution < 1.29 is 19.4 Å². The van der Waals surface area contributed by atoms with Gasteiger partial charge in [-0.25, -0.2) is 9.78 Å². The second-order valence-electron chi connectivity index (χ2n) is 4.15. The first-order valence-electron chi connectivity index (χ1n) is 6.61. The zero-order valence-electron chi connectivity index (χ0n) is 11.5. The van der Waals surface area contributed by atoms with Crippen LogP contribution in [-0.2, 0) is 9.53 Å². The summed E-state index contributed by atoms with van der Waals surface area (Å²) in [5.41, 5.74) is 0.254. The molecule has 110 valence electrons. The van der Waals surface area contributed by atoms with E-state index in [4.69, 9.17) is 9.84 Å². The van der Waals surface area contributed by atoms with Crippen LogP contribution in [0.1, 0.15) is 43.0 Å². The fourth-order valence-corrected chi connectivity index (χ4v) is 2.48. The number of esters is 1. The van der Waals surface area contributed by atoms with Gasteiger partial charge in [-0.15, -0.1) is 11.8 Å². The Morgan fingerprint density at radius 3 is 2.85 bits per heavy atom. The van der Waals surface area contributed by atoms with E-state index in [0.29, 0.717) is 13.0 Å². The van der Waals surface area contributed by atoms with Crippen LogP contribution in [0.15, 0.2) is 23.4 Å². The number of aromatic carboxylic acids is 1. The number of carbonyl (C=O) groups is 2. The molecule has 1 rings (SSSR count). The molecule has 0 spiro atoms. The van der Waals surface area contributed by atoms with Gasteiger partial charge in [-0.3, -0.25) is 4.79 Å². The van der Waals surface area contributed by atoms with Crippen molar-refractivity contribution in [3.05, 3.63) is 23.9 Å². The van der Waals surface area contributed by atoms with E-state index >= 15 is 0 Å². The zero-order valence-corrected chi connectivity index (χ0v) is 12.3. The Labute approximate surface area is 122 Å². The molecule has 0 unspecified atom stereocenters. The molecule has 1 heterocycles. The average molecular weight is 297 g/mol. The van der Waals surface area contributed by atoms with E-state index in [9.17, 15) is 9.59 Å². The smallest absolute Gasteiger partial charge is 0.335 e. The molecular weight excluding hydrogens is 278 g/mol. The molecule has 20 heavy (non-hydrogen) atoms. The van der Waals surface area contributed by atoms with Crippen LogP contribution in [-0.4, -0.2) is 34.4 Å². The SMILES string of the molecule is CCOC(=O)CCCCCSc1cc(C(=O)O)ccn1. The minimum atomic E-state index is -0.941. The number of unbranched alkanes of at least 4 members (excludes halogenated alkanes) is 2. The van der Waals surface area contributed by atoms with Gasteiger partial charge in [0.05, 0.1) is 17.2 Å². The highest BCUT2D eigenvalue weighted by Gasteiger charge is 2.05. The molecular formula is C14H19NO4S. The highest BCUT2D eigenvalue weighted by molar-refractivity contribution is 7.99. The van der Waals surface area contributed by atoms with E-state index in [1.807, 2.05) is 0 Å². The van der Waals surface area contributed by atoms with Gasteiger partial charge in [0.15, 0.2) is 0 Å². The van der Waals surface area contributed by atoms with E-state index in [-0.39, 0.29) is 11.5 Å². The van der Waals surface area contributed by atoms with Gasteiger partial charge < -0.3 is 9.84 Å². The van der Waals surface area contributed by atoms with Crippen LogP contribution in [0.4, 0.5) is 0 Å². The average Bonchev–Trinajstić information content (AvgIpc) is 2.43. The molecule has 0 aliphatic heterocycles. The molecule has 0 bridgehead atoms. The standard InChI is InChI=1S/C14H19NO4S/c1-2-19-13(16)6-4-3-5-9-20-12-10-11(14(17)18)7-8-15-12/h7-8,10H,2-6,9H2,1H3,(H,17,18). The number of rotatable bonds is 9. The van der Waals surface area contributed by atoms with Gasteiger partial charge in [0.2, 0.25) is 0 Å². The Morgan fingerprint density at radius 2 is 2.15 bits per heavy atom. The number of pyridine rings is 1. The number of thioether (sulfide) groups is 1. The number of carboxylic acid groups (broad SMARTS) is 1. The number of nitrogens with zero attached hydrogens (tertiary/aromatic N) is 1. The first-order valence-corrected chi connectivity index (χ1v) is 7.59. The van der Waals surface area contributed by atoms with Crippen LogP contribution < -0.4 is 0 Å². The molecule has 0 aromatic carbocycles. The molecule has 0 amide bonds. The number of hydrogen-bond donors (Lipinski definition) is 1. The van der Waals surface area contributed by atoms with E-state index in [0.717, 1.165) is 30.0 Å². The van der Waals surface area contributed by atoms with Crippen molar-refractivity contribution in [3.63, 3.8) is 0 Å². The minimum Gasteiger partial charge on any atom is -0.478 e. The summed E-state index contributed by atoms with van der Waals surface area (Å²) >= 11 is 1.53. The van der Waals surface area contributed by atoms with Crippen LogP contribution in [0.3, 0.4) is 0 Å². The lowest BCUT2D eigenvalue weighted by molar-refractivity contribution is -0.143. The van der Waals surface area contributed by atoms with Gasteiger partial charge in [-0.1, -0.05) is 6.42 Å². The summed E-state index contributed by atoms with van der Waals surface area (Å²) in [5, 5.41) is 9.58. The van der Waals surface area contributed by atoms with Gasteiger partial charge in [0.25, 0.3) is 0 Å². The van der Waals surface area contributed by atoms with Gasteiger partial charge in [0.1, 0.15) is 0 Å². The second-order valence-corrected chi connectivity index (χ2v) is 5.27. The summed E-state index contributed by atoms with van der Waals surface area (Å²) in [4.78, 5) is 26.0. The van der Waals surface area contributed by atoms with Crippen molar-refractivity contribution in [3.8, 4) is 0 Å². The van der Waals surface area contributed by atoms with Crippen molar-refractivity contribution in [2.75, 3.05) is 12.4 Å². The molecule has 5 nitrogen and oxygen atoms in total. The Kier molecular flexibility index (Phi) is 7.72. The fourth-order valence-electron chi connectivity index (χ4n) is 1.58. The predicted molar refractivity (Wildman–Crippen MR) is 77.0 cm³/mol. The predicted octanol–water partition coefficient (Wildman–Crippen LogP) is 3.00. The van der Waals surface area contributed by atoms with Crippen LogP contribution in [0.2, 0.25) is 0 Å². The third-order valence-corrected chi connectivity index (χ3v) is 3.57. The first-order chi connectivity index (χ1) is 9.63. The van der Waals surface area contributed by atoms with E-state index < -0.39 is 5.97 Å². The molecule has 0 aliphatic rings. The highest BCUT2D eigenvalue weighted by Crippen LogP contribution is 2.18. The Morgan fingerprint density at radius 1 is 1.35 bits per heavy atom. The van der Waals surface area contributed by atoms with Gasteiger partial charge in [0, 0.05) is 12.6 Å². The number of carboxylic acids is 1. The Bertz CT molecular complexity index is 451. The molecule has 1 aromatic rings. The van der Waals surface area contributed by atoms with Gasteiger partial charge >= 0.3 is 11.9 Å². The van der Waals surface area contributed by atoms with Crippen LogP contribution in [0.5, 0.6) is 0 Å². The normalized spacial score (nSPS) is 10.2. The number of hydrogen-bond acceptors (Lipinski definition) is 5. The monoisotopic (exact) mass is 297 g/mol. The van der Waals surface area contributed by atoms with E-state index in [2.05, 4.69) is 4.98 Å². The molecule has 0 saturated carbocycles. The maximum atomic E-state index is 11.1. The summed E-state index contributed by atoms with van der Waals surface area (Å²) in [7, 11) is 0. The van der Waals surface area contributed by atoms with Gasteiger partial charge in [-0.05, 0) is 37.7 Å². The van der Waals surface area contributed by atoms with E-state index in [1.165, 1.54) is 24.0 Å². The number of aromatic nitrogens is 1. The lowest BCUT2D eigenvalue weighted by atomic mass is 10.2. The molecule has 0 radical (unpaired) electrons. The molecule has 0 saturated heterocycles. The summed E-state index contributed by atoms with van der Waals surface area (Å²) in [5.74, 6) is -0.224. The third kappa shape index (κ3) is 6.56. The molecule has 0 fully saturated rings. The topological polar surface area (TPSA) is 76.5 Å². The lowest BCUT2D eigenvalue weighted by Crippen LogP contribution is -2.03. The molecule has 1 aromatic heterocycles. The molecule has 1 N–H and O–H groups in total. The van der Waals surface area contributed by atoms with Crippen LogP contribution >= 0.6 is 11.8 Å². The van der Waals surface area contributed by atoms with E-state index in [1.54, 1.807) is 13.0 Å². The van der Waals surface area contributed by atoms with Crippen molar-refractivity contribution in [2.24, 2.45) is 0 Å². The lowest BCUT2D eigenvalue weighted by Gasteiger charge is -2.03. The molecule has 0 aliphatic carbocycles. The molecule has 0 atom stereocenters. The Hall–Kier alpha value is -1.56. The summed E-state index contributed by atoms with van der Waals surface area (Å²) < 4.78 is 4.84. The number of ether oxygens (including phenoxy) is 1. The largest absolute Gasteiger partial charge is 0.478 e. The van der Waals surface area contributed by atoms with Crippen LogP contribution in [0, 0.1) is 0 Å². The van der Waals surface area contributed by atoms with Crippen molar-refractivity contribution in [1.29, 1.82) is 0 Å². The van der Waals surface area contributed by atoms with Crippen LogP contribution in [0.25, 0.3) is 0 Å². The minimum absolute atomic E-state index is 0.143. The van der Waals surface area contributed by atoms with Gasteiger partial charge in [-0.2, -0.15) is 0 Å². The highest BCUT2D eigenvalue weighted by atomic mass is 32.2. The summed E-state index contributed by atoms with van der Waals surface area (Å²) in [6.45, 7) is 2.23. The second kappa shape index (κ2) is 9.36. The quantitative estimate of drug-likeness (QED) is 0.429. The third-order valence-electron chi connectivity index (χ3n) is 2.56. The van der Waals surface area contributed by atoms with Crippen molar-refractivity contribution in [2.45, 2.75) is 37.6 Å².